The third kappa shape index (κ3) is 4.59. The second-order valence-electron chi connectivity index (χ2n) is 6.52. The highest BCUT2D eigenvalue weighted by atomic mass is 32.2. The van der Waals surface area contributed by atoms with Crippen LogP contribution >= 0.6 is 11.8 Å². The maximum Gasteiger partial charge on any atom is 0.416 e. The Kier molecular flexibility index (Phi) is 6.24. The van der Waals surface area contributed by atoms with Gasteiger partial charge in [-0.05, 0) is 35.4 Å². The molecule has 0 bridgehead atoms. The minimum absolute atomic E-state index is 0.153. The maximum absolute atomic E-state index is 12.8. The molecule has 0 aliphatic carbocycles. The van der Waals surface area contributed by atoms with Crippen molar-refractivity contribution in [2.24, 2.45) is 0 Å². The smallest absolute Gasteiger partial charge is 0.416 e. The van der Waals surface area contributed by atoms with Crippen LogP contribution in [0.3, 0.4) is 0 Å². The Hall–Kier alpha value is -2.45. The van der Waals surface area contributed by atoms with Crippen molar-refractivity contribution in [2.45, 2.75) is 17.7 Å². The SMILES string of the molecule is COC(=O)c1ccc(C(OC)C2=CN(C)C(c3ccc(C(F)(F)F)cc3)S2)cc1. The van der Waals surface area contributed by atoms with E-state index in [1.807, 2.05) is 18.1 Å². The number of methoxy groups -OCH3 is 2. The summed E-state index contributed by atoms with van der Waals surface area (Å²) in [6, 6.07) is 12.1. The molecule has 2 unspecified atom stereocenters. The first-order valence-corrected chi connectivity index (χ1v) is 9.61. The van der Waals surface area contributed by atoms with Gasteiger partial charge in [0, 0.05) is 25.3 Å². The molecular weight excluding hydrogens is 403 g/mol. The molecule has 0 aromatic heterocycles. The first-order valence-electron chi connectivity index (χ1n) is 8.73. The van der Waals surface area contributed by atoms with Gasteiger partial charge in [0.25, 0.3) is 0 Å². The monoisotopic (exact) mass is 423 g/mol. The van der Waals surface area contributed by atoms with Crippen LogP contribution in [0.1, 0.15) is 38.5 Å². The van der Waals surface area contributed by atoms with Crippen LogP contribution in [0.4, 0.5) is 13.2 Å². The largest absolute Gasteiger partial charge is 0.465 e. The summed E-state index contributed by atoms with van der Waals surface area (Å²) in [5.41, 5.74) is 1.41. The van der Waals surface area contributed by atoms with Crippen molar-refractivity contribution >= 4 is 17.7 Å². The Balaban J connectivity index is 1.77. The van der Waals surface area contributed by atoms with Crippen LogP contribution in [0.15, 0.2) is 59.6 Å². The van der Waals surface area contributed by atoms with E-state index in [1.54, 1.807) is 31.4 Å². The molecule has 1 heterocycles. The molecule has 1 aliphatic heterocycles. The standard InChI is InChI=1S/C21H20F3NO3S/c1-25-12-17(18(27-2)13-4-6-15(7-5-13)20(26)28-3)29-19(25)14-8-10-16(11-9-14)21(22,23)24/h4-12,18-19H,1-3H3. The van der Waals surface area contributed by atoms with Crippen LogP contribution in [-0.4, -0.2) is 32.1 Å². The molecule has 0 saturated carbocycles. The summed E-state index contributed by atoms with van der Waals surface area (Å²) in [5, 5.41) is -0.153. The average molecular weight is 423 g/mol. The number of thioether (sulfide) groups is 1. The van der Waals surface area contributed by atoms with Gasteiger partial charge in [-0.1, -0.05) is 36.0 Å². The van der Waals surface area contributed by atoms with Gasteiger partial charge in [0.1, 0.15) is 11.5 Å². The van der Waals surface area contributed by atoms with E-state index in [9.17, 15) is 18.0 Å². The number of ether oxygens (including phenoxy) is 2. The van der Waals surface area contributed by atoms with E-state index >= 15 is 0 Å². The van der Waals surface area contributed by atoms with Gasteiger partial charge >= 0.3 is 12.1 Å². The number of carbonyl (C=O) groups excluding carboxylic acids is 1. The zero-order valence-corrected chi connectivity index (χ0v) is 16.9. The van der Waals surface area contributed by atoms with Gasteiger partial charge in [0.15, 0.2) is 0 Å². The summed E-state index contributed by atoms with van der Waals surface area (Å²) >= 11 is 1.52. The second-order valence-corrected chi connectivity index (χ2v) is 7.67. The third-order valence-electron chi connectivity index (χ3n) is 4.60. The Labute approximate surface area is 171 Å². The lowest BCUT2D eigenvalue weighted by Crippen LogP contribution is -2.12. The lowest BCUT2D eigenvalue weighted by atomic mass is 10.1. The summed E-state index contributed by atoms with van der Waals surface area (Å²) in [5.74, 6) is -0.415. The van der Waals surface area contributed by atoms with Crippen molar-refractivity contribution in [1.82, 2.24) is 4.90 Å². The van der Waals surface area contributed by atoms with Crippen LogP contribution in [0.5, 0.6) is 0 Å². The summed E-state index contributed by atoms with van der Waals surface area (Å²) in [6.45, 7) is 0. The average Bonchev–Trinajstić information content (AvgIpc) is 3.09. The van der Waals surface area contributed by atoms with Crippen molar-refractivity contribution in [1.29, 1.82) is 0 Å². The Morgan fingerprint density at radius 1 is 1.07 bits per heavy atom. The van der Waals surface area contributed by atoms with Gasteiger partial charge in [-0.25, -0.2) is 4.79 Å². The third-order valence-corrected chi connectivity index (χ3v) is 6.02. The fourth-order valence-electron chi connectivity index (χ4n) is 3.11. The van der Waals surface area contributed by atoms with Gasteiger partial charge in [-0.3, -0.25) is 0 Å². The molecule has 0 amide bonds. The molecule has 8 heteroatoms. The molecule has 4 nitrogen and oxygen atoms in total. The van der Waals surface area contributed by atoms with E-state index in [4.69, 9.17) is 9.47 Å². The van der Waals surface area contributed by atoms with Crippen molar-refractivity contribution in [2.75, 3.05) is 21.3 Å². The van der Waals surface area contributed by atoms with Crippen LogP contribution < -0.4 is 0 Å². The van der Waals surface area contributed by atoms with Crippen LogP contribution in [0.2, 0.25) is 0 Å². The molecule has 0 N–H and O–H groups in total. The van der Waals surface area contributed by atoms with E-state index in [1.165, 1.54) is 31.0 Å². The predicted molar refractivity (Wildman–Crippen MR) is 105 cm³/mol. The van der Waals surface area contributed by atoms with E-state index < -0.39 is 17.7 Å². The first kappa shape index (κ1) is 21.3. The number of halogens is 3. The number of esters is 1. The van der Waals surface area contributed by atoms with Crippen molar-refractivity contribution in [3.63, 3.8) is 0 Å². The molecule has 2 atom stereocenters. The fraction of sp³-hybridized carbons (Fsp3) is 0.286. The molecule has 1 aliphatic rings. The minimum Gasteiger partial charge on any atom is -0.465 e. The Bertz CT molecular complexity index is 895. The fourth-order valence-corrected chi connectivity index (χ4v) is 4.47. The molecule has 0 saturated heterocycles. The quantitative estimate of drug-likeness (QED) is 0.603. The minimum atomic E-state index is -4.35. The topological polar surface area (TPSA) is 38.8 Å². The zero-order chi connectivity index (χ0) is 21.2. The number of alkyl halides is 3. The van der Waals surface area contributed by atoms with Crippen LogP contribution in [-0.2, 0) is 15.7 Å². The van der Waals surface area contributed by atoms with Gasteiger partial charge in [-0.2, -0.15) is 13.2 Å². The van der Waals surface area contributed by atoms with Crippen molar-refractivity contribution in [3.05, 3.63) is 81.9 Å². The number of hydrogen-bond donors (Lipinski definition) is 0. The Morgan fingerprint density at radius 3 is 2.21 bits per heavy atom. The molecule has 29 heavy (non-hydrogen) atoms. The molecule has 2 aromatic rings. The summed E-state index contributed by atoms with van der Waals surface area (Å²) in [4.78, 5) is 14.5. The van der Waals surface area contributed by atoms with Crippen LogP contribution in [0.25, 0.3) is 0 Å². The number of nitrogens with zero attached hydrogens (tertiary/aromatic N) is 1. The highest BCUT2D eigenvalue weighted by molar-refractivity contribution is 8.03. The van der Waals surface area contributed by atoms with Gasteiger partial charge in [0.2, 0.25) is 0 Å². The molecule has 0 spiro atoms. The lowest BCUT2D eigenvalue weighted by Gasteiger charge is -2.21. The second kappa shape index (κ2) is 8.51. The van der Waals surface area contributed by atoms with Gasteiger partial charge < -0.3 is 14.4 Å². The van der Waals surface area contributed by atoms with E-state index in [-0.39, 0.29) is 11.5 Å². The van der Waals surface area contributed by atoms with Gasteiger partial charge in [-0.15, -0.1) is 0 Å². The zero-order valence-electron chi connectivity index (χ0n) is 16.1. The highest BCUT2D eigenvalue weighted by Crippen LogP contribution is 2.48. The summed E-state index contributed by atoms with van der Waals surface area (Å²) < 4.78 is 48.8. The van der Waals surface area contributed by atoms with Gasteiger partial charge in [0.05, 0.1) is 18.2 Å². The lowest BCUT2D eigenvalue weighted by molar-refractivity contribution is -0.137. The highest BCUT2D eigenvalue weighted by Gasteiger charge is 2.32. The van der Waals surface area contributed by atoms with E-state index in [0.29, 0.717) is 5.56 Å². The molecule has 2 aromatic carbocycles. The number of benzene rings is 2. The molecule has 154 valence electrons. The molecule has 3 rings (SSSR count). The predicted octanol–water partition coefficient (Wildman–Crippen LogP) is 5.40. The van der Waals surface area contributed by atoms with E-state index in [0.717, 1.165) is 28.2 Å². The van der Waals surface area contributed by atoms with E-state index in [2.05, 4.69) is 0 Å². The summed E-state index contributed by atoms with van der Waals surface area (Å²) in [7, 11) is 4.78. The van der Waals surface area contributed by atoms with Crippen molar-refractivity contribution < 1.29 is 27.4 Å². The Morgan fingerprint density at radius 2 is 1.69 bits per heavy atom. The molecule has 0 radical (unpaired) electrons. The first-order chi connectivity index (χ1) is 13.7. The molecule has 0 fully saturated rings. The normalized spacial score (nSPS) is 17.8. The molecular formula is C21H20F3NO3S. The maximum atomic E-state index is 12.8. The summed E-state index contributed by atoms with van der Waals surface area (Å²) in [6.07, 6.45) is -2.78. The number of hydrogen-bond acceptors (Lipinski definition) is 5. The number of carbonyl (C=O) groups is 1. The van der Waals surface area contributed by atoms with Crippen LogP contribution in [0, 0.1) is 0 Å². The van der Waals surface area contributed by atoms with Crippen molar-refractivity contribution in [3.8, 4) is 0 Å². The number of rotatable bonds is 5.